The second kappa shape index (κ2) is 8.74. The van der Waals surface area contributed by atoms with E-state index >= 15 is 0 Å². The molecule has 4 amide bonds. The van der Waals surface area contributed by atoms with Crippen molar-refractivity contribution in [1.82, 2.24) is 9.88 Å². The van der Waals surface area contributed by atoms with Gasteiger partial charge in [-0.2, -0.15) is 0 Å². The minimum absolute atomic E-state index is 0.224. The molecular formula is C25H22FN3O4. The molecule has 0 spiro atoms. The number of hydrogen-bond acceptors (Lipinski definition) is 4. The van der Waals surface area contributed by atoms with Crippen molar-refractivity contribution in [2.24, 2.45) is 0 Å². The Morgan fingerprint density at radius 1 is 1.03 bits per heavy atom. The summed E-state index contributed by atoms with van der Waals surface area (Å²) in [4.78, 5) is 38.5. The van der Waals surface area contributed by atoms with E-state index < -0.39 is 23.7 Å². The summed E-state index contributed by atoms with van der Waals surface area (Å²) < 4.78 is 21.7. The normalized spacial score (nSPS) is 15.2. The third kappa shape index (κ3) is 4.03. The Hall–Kier alpha value is -4.20. The summed E-state index contributed by atoms with van der Waals surface area (Å²) in [6.07, 6.45) is 1.42. The fourth-order valence-corrected chi connectivity index (χ4v) is 3.85. The molecule has 0 unspecified atom stereocenters. The molecule has 0 radical (unpaired) electrons. The summed E-state index contributed by atoms with van der Waals surface area (Å²) in [5.41, 5.74) is 2.71. The molecular weight excluding hydrogens is 425 g/mol. The molecule has 2 aromatic carbocycles. The lowest BCUT2D eigenvalue weighted by molar-refractivity contribution is -0.122. The fraction of sp³-hybridized carbons (Fsp3) is 0.160. The van der Waals surface area contributed by atoms with E-state index in [-0.39, 0.29) is 11.3 Å². The number of amides is 4. The summed E-state index contributed by atoms with van der Waals surface area (Å²) in [7, 11) is 0. The average Bonchev–Trinajstić information content (AvgIpc) is 3.06. The lowest BCUT2D eigenvalue weighted by Gasteiger charge is -2.26. The van der Waals surface area contributed by atoms with Gasteiger partial charge in [-0.05, 0) is 74.9 Å². The molecule has 3 aromatic rings. The number of imide groups is 2. The largest absolute Gasteiger partial charge is 0.494 e. The van der Waals surface area contributed by atoms with Gasteiger partial charge in [0.25, 0.3) is 11.8 Å². The van der Waals surface area contributed by atoms with Crippen LogP contribution in [0, 0.1) is 19.7 Å². The van der Waals surface area contributed by atoms with E-state index in [0.29, 0.717) is 17.1 Å². The Morgan fingerprint density at radius 3 is 2.39 bits per heavy atom. The predicted molar refractivity (Wildman–Crippen MR) is 122 cm³/mol. The number of nitrogens with one attached hydrogen (secondary N) is 1. The van der Waals surface area contributed by atoms with Crippen LogP contribution < -0.4 is 15.0 Å². The first-order valence-electron chi connectivity index (χ1n) is 10.4. The zero-order chi connectivity index (χ0) is 23.7. The van der Waals surface area contributed by atoms with Crippen molar-refractivity contribution in [2.75, 3.05) is 11.5 Å². The molecule has 8 heteroatoms. The van der Waals surface area contributed by atoms with Crippen molar-refractivity contribution in [3.63, 3.8) is 0 Å². The summed E-state index contributed by atoms with van der Waals surface area (Å²) in [6, 6.07) is 13.8. The monoisotopic (exact) mass is 447 g/mol. The van der Waals surface area contributed by atoms with Gasteiger partial charge in [-0.15, -0.1) is 0 Å². The van der Waals surface area contributed by atoms with Crippen molar-refractivity contribution in [1.29, 1.82) is 0 Å². The first-order valence-corrected chi connectivity index (χ1v) is 10.4. The van der Waals surface area contributed by atoms with Crippen LogP contribution in [0.15, 0.2) is 60.2 Å². The quantitative estimate of drug-likeness (QED) is 0.467. The number of urea groups is 1. The summed E-state index contributed by atoms with van der Waals surface area (Å²) >= 11 is 0. The van der Waals surface area contributed by atoms with E-state index in [1.54, 1.807) is 0 Å². The lowest BCUT2D eigenvalue weighted by atomic mass is 10.1. The number of halogens is 1. The predicted octanol–water partition coefficient (Wildman–Crippen LogP) is 4.30. The Bertz CT molecular complexity index is 1290. The number of carbonyl (C=O) groups is 3. The molecule has 2 heterocycles. The van der Waals surface area contributed by atoms with Crippen LogP contribution in [0.3, 0.4) is 0 Å². The highest BCUT2D eigenvalue weighted by atomic mass is 19.1. The van der Waals surface area contributed by atoms with Crippen molar-refractivity contribution < 1.29 is 23.5 Å². The fourth-order valence-electron chi connectivity index (χ4n) is 3.85. The number of hydrogen-bond donors (Lipinski definition) is 1. The Kier molecular flexibility index (Phi) is 5.83. The van der Waals surface area contributed by atoms with Crippen LogP contribution in [-0.2, 0) is 9.59 Å². The van der Waals surface area contributed by atoms with E-state index in [1.807, 2.05) is 55.7 Å². The minimum Gasteiger partial charge on any atom is -0.494 e. The number of barbiturate groups is 1. The molecule has 1 aliphatic rings. The number of benzene rings is 2. The lowest BCUT2D eigenvalue weighted by Crippen LogP contribution is -2.54. The number of aromatic nitrogens is 1. The maximum Gasteiger partial charge on any atom is 0.336 e. The molecule has 1 aliphatic heterocycles. The van der Waals surface area contributed by atoms with Crippen LogP contribution >= 0.6 is 0 Å². The highest BCUT2D eigenvalue weighted by Gasteiger charge is 2.38. The molecule has 33 heavy (non-hydrogen) atoms. The van der Waals surface area contributed by atoms with Crippen LogP contribution in [0.2, 0.25) is 0 Å². The first kappa shape index (κ1) is 22.0. The maximum absolute atomic E-state index is 14.3. The van der Waals surface area contributed by atoms with Gasteiger partial charge in [-0.3, -0.25) is 14.9 Å². The zero-order valence-corrected chi connectivity index (χ0v) is 18.4. The first-order chi connectivity index (χ1) is 15.8. The van der Waals surface area contributed by atoms with Gasteiger partial charge in [0, 0.05) is 17.1 Å². The zero-order valence-electron chi connectivity index (χ0n) is 18.4. The van der Waals surface area contributed by atoms with E-state index in [2.05, 4.69) is 5.32 Å². The molecule has 0 saturated carbocycles. The summed E-state index contributed by atoms with van der Waals surface area (Å²) in [6.45, 7) is 6.25. The SMILES string of the molecule is CCOc1ccc(-n2c(C)cc(/C=C3\C(=O)NC(=O)N(c4ccccc4F)C3=O)c2C)cc1. The van der Waals surface area contributed by atoms with Gasteiger partial charge in [0.15, 0.2) is 0 Å². The Morgan fingerprint density at radius 2 is 1.73 bits per heavy atom. The third-order valence-corrected chi connectivity index (χ3v) is 5.37. The van der Waals surface area contributed by atoms with Gasteiger partial charge in [-0.1, -0.05) is 12.1 Å². The highest BCUT2D eigenvalue weighted by molar-refractivity contribution is 6.39. The Balaban J connectivity index is 1.73. The molecule has 1 N–H and O–H groups in total. The molecule has 1 fully saturated rings. The number of ether oxygens (including phenoxy) is 1. The number of carbonyl (C=O) groups excluding carboxylic acids is 3. The van der Waals surface area contributed by atoms with Crippen LogP contribution in [0.1, 0.15) is 23.9 Å². The van der Waals surface area contributed by atoms with Gasteiger partial charge in [0.2, 0.25) is 0 Å². The average molecular weight is 447 g/mol. The molecule has 1 saturated heterocycles. The second-order valence-electron chi connectivity index (χ2n) is 7.50. The third-order valence-electron chi connectivity index (χ3n) is 5.37. The van der Waals surface area contributed by atoms with Crippen molar-refractivity contribution in [2.45, 2.75) is 20.8 Å². The number of aryl methyl sites for hydroxylation is 1. The molecule has 1 aromatic heterocycles. The van der Waals surface area contributed by atoms with Crippen LogP contribution in [0.5, 0.6) is 5.75 Å². The van der Waals surface area contributed by atoms with E-state index in [1.165, 1.54) is 24.3 Å². The molecule has 4 rings (SSSR count). The maximum atomic E-state index is 14.3. The van der Waals surface area contributed by atoms with Crippen LogP contribution in [0.25, 0.3) is 11.8 Å². The summed E-state index contributed by atoms with van der Waals surface area (Å²) in [5.74, 6) is -1.71. The summed E-state index contributed by atoms with van der Waals surface area (Å²) in [5, 5.41) is 2.12. The number of rotatable bonds is 5. The number of para-hydroxylation sites is 1. The number of nitrogens with zero attached hydrogens (tertiary/aromatic N) is 2. The highest BCUT2D eigenvalue weighted by Crippen LogP contribution is 2.27. The standard InChI is InChI=1S/C25H22FN3O4/c1-4-33-19-11-9-18(10-12-19)28-15(2)13-17(16(28)3)14-20-23(30)27-25(32)29(24(20)31)22-8-6-5-7-21(22)26/h5-14H,4H2,1-3H3,(H,27,30,32)/b20-14+. The van der Waals surface area contributed by atoms with E-state index in [9.17, 15) is 18.8 Å². The smallest absolute Gasteiger partial charge is 0.336 e. The van der Waals surface area contributed by atoms with Crippen molar-refractivity contribution in [3.8, 4) is 11.4 Å². The van der Waals surface area contributed by atoms with Crippen LogP contribution in [0.4, 0.5) is 14.9 Å². The van der Waals surface area contributed by atoms with Gasteiger partial charge < -0.3 is 9.30 Å². The molecule has 0 aliphatic carbocycles. The van der Waals surface area contributed by atoms with Gasteiger partial charge in [-0.25, -0.2) is 14.1 Å². The molecule has 0 bridgehead atoms. The number of anilines is 1. The van der Waals surface area contributed by atoms with Crippen LogP contribution in [-0.4, -0.2) is 29.0 Å². The molecule has 7 nitrogen and oxygen atoms in total. The molecule has 168 valence electrons. The van der Waals surface area contributed by atoms with Gasteiger partial charge >= 0.3 is 6.03 Å². The van der Waals surface area contributed by atoms with Gasteiger partial charge in [0.1, 0.15) is 17.1 Å². The minimum atomic E-state index is -0.993. The topological polar surface area (TPSA) is 80.6 Å². The van der Waals surface area contributed by atoms with E-state index in [4.69, 9.17) is 4.74 Å². The van der Waals surface area contributed by atoms with Gasteiger partial charge in [0.05, 0.1) is 12.3 Å². The second-order valence-corrected chi connectivity index (χ2v) is 7.50. The van der Waals surface area contributed by atoms with Crippen molar-refractivity contribution >= 4 is 29.6 Å². The van der Waals surface area contributed by atoms with E-state index in [0.717, 1.165) is 28.9 Å². The van der Waals surface area contributed by atoms with Crippen molar-refractivity contribution in [3.05, 3.63) is 82.9 Å². The molecule has 0 atom stereocenters. The Labute approximate surface area is 190 Å².